The summed E-state index contributed by atoms with van der Waals surface area (Å²) >= 11 is 0. The van der Waals surface area contributed by atoms with E-state index in [1.54, 1.807) is 0 Å². The number of para-hydroxylation sites is 1. The van der Waals surface area contributed by atoms with Crippen molar-refractivity contribution in [2.75, 3.05) is 5.73 Å². The summed E-state index contributed by atoms with van der Waals surface area (Å²) < 4.78 is 2.14. The topological polar surface area (TPSA) is 67.7 Å². The number of hydrogen-bond acceptors (Lipinski definition) is 3. The van der Waals surface area contributed by atoms with Crippen molar-refractivity contribution >= 4 is 16.7 Å². The van der Waals surface area contributed by atoms with Crippen LogP contribution in [0.5, 0.6) is 0 Å². The van der Waals surface area contributed by atoms with Crippen LogP contribution in [0.25, 0.3) is 28.1 Å². The zero-order valence-corrected chi connectivity index (χ0v) is 13.7. The van der Waals surface area contributed by atoms with E-state index in [0.29, 0.717) is 11.0 Å². The average Bonchev–Trinajstić information content (AvgIpc) is 2.55. The molecule has 118 valence electrons. The summed E-state index contributed by atoms with van der Waals surface area (Å²) in [6, 6.07) is 17.9. The number of anilines is 1. The maximum absolute atomic E-state index is 8.19. The first kappa shape index (κ1) is 14.5. The molecule has 1 aliphatic heterocycles. The van der Waals surface area contributed by atoms with Crippen LogP contribution in [0, 0.1) is 19.3 Å². The van der Waals surface area contributed by atoms with Gasteiger partial charge in [-0.1, -0.05) is 18.2 Å². The summed E-state index contributed by atoms with van der Waals surface area (Å²) in [7, 11) is 0. The average molecular weight is 314 g/mol. The second-order valence-electron chi connectivity index (χ2n) is 6.14. The SMILES string of the molecule is Cc1cc2nc3c(C)cc(N)cc3n(-c3ccccc3)c-2cc1=N. The summed E-state index contributed by atoms with van der Waals surface area (Å²) in [5.41, 5.74) is 13.5. The third kappa shape index (κ3) is 2.15. The number of fused-ring (bicyclic) bond motifs is 2. The van der Waals surface area contributed by atoms with E-state index >= 15 is 0 Å². The molecule has 2 aromatic carbocycles. The zero-order chi connectivity index (χ0) is 16.8. The van der Waals surface area contributed by atoms with Gasteiger partial charge in [-0.2, -0.15) is 0 Å². The minimum Gasteiger partial charge on any atom is -0.399 e. The van der Waals surface area contributed by atoms with Crippen molar-refractivity contribution < 1.29 is 0 Å². The third-order valence-electron chi connectivity index (χ3n) is 4.35. The van der Waals surface area contributed by atoms with Gasteiger partial charge in [0.1, 0.15) is 0 Å². The van der Waals surface area contributed by atoms with Crippen molar-refractivity contribution in [3.05, 3.63) is 71.1 Å². The van der Waals surface area contributed by atoms with Crippen LogP contribution in [-0.2, 0) is 0 Å². The fraction of sp³-hybridized carbons (Fsp3) is 0.100. The van der Waals surface area contributed by atoms with Gasteiger partial charge in [-0.05, 0) is 61.4 Å². The highest BCUT2D eigenvalue weighted by molar-refractivity contribution is 5.88. The van der Waals surface area contributed by atoms with Crippen molar-refractivity contribution in [2.45, 2.75) is 13.8 Å². The minimum atomic E-state index is 0.508. The fourth-order valence-electron chi connectivity index (χ4n) is 3.16. The molecule has 0 fully saturated rings. The maximum Gasteiger partial charge on any atom is 0.0909 e. The van der Waals surface area contributed by atoms with Crippen molar-refractivity contribution in [3.63, 3.8) is 0 Å². The number of nitrogens with zero attached hydrogens (tertiary/aromatic N) is 2. The minimum absolute atomic E-state index is 0.508. The van der Waals surface area contributed by atoms with Gasteiger partial charge < -0.3 is 15.7 Å². The fourth-order valence-corrected chi connectivity index (χ4v) is 3.16. The van der Waals surface area contributed by atoms with Crippen LogP contribution < -0.4 is 11.1 Å². The van der Waals surface area contributed by atoms with Crippen LogP contribution in [0.3, 0.4) is 0 Å². The number of nitrogens with two attached hydrogens (primary N) is 1. The molecule has 3 N–H and O–H groups in total. The number of nitrogens with one attached hydrogen (secondary N) is 1. The van der Waals surface area contributed by atoms with Gasteiger partial charge in [-0.15, -0.1) is 0 Å². The second-order valence-corrected chi connectivity index (χ2v) is 6.14. The maximum atomic E-state index is 8.19. The molecule has 2 aliphatic rings. The first-order valence-corrected chi connectivity index (χ1v) is 7.88. The van der Waals surface area contributed by atoms with Crippen molar-refractivity contribution in [1.29, 1.82) is 5.41 Å². The Morgan fingerprint density at radius 2 is 1.71 bits per heavy atom. The Morgan fingerprint density at radius 1 is 0.958 bits per heavy atom. The standard InChI is InChI=1S/C20H18N4/c1-12-9-17-18(11-16(12)22)24(15-6-4-3-5-7-15)19-10-14(21)8-13(2)20(19)23-17/h3-11,22H,21H2,1-2H3. The van der Waals surface area contributed by atoms with E-state index in [2.05, 4.69) is 16.7 Å². The molecule has 0 bridgehead atoms. The van der Waals surface area contributed by atoms with Crippen LogP contribution in [0.2, 0.25) is 0 Å². The summed E-state index contributed by atoms with van der Waals surface area (Å²) in [5.74, 6) is 0. The molecular weight excluding hydrogens is 296 g/mol. The molecule has 24 heavy (non-hydrogen) atoms. The first-order chi connectivity index (χ1) is 11.5. The smallest absolute Gasteiger partial charge is 0.0909 e. The highest BCUT2D eigenvalue weighted by Crippen LogP contribution is 2.31. The molecule has 0 radical (unpaired) electrons. The molecule has 1 heterocycles. The van der Waals surface area contributed by atoms with Gasteiger partial charge in [0.25, 0.3) is 0 Å². The van der Waals surface area contributed by atoms with E-state index < -0.39 is 0 Å². The van der Waals surface area contributed by atoms with Crippen LogP contribution in [-0.4, -0.2) is 9.55 Å². The lowest BCUT2D eigenvalue weighted by Gasteiger charge is -2.20. The number of benzene rings is 3. The van der Waals surface area contributed by atoms with Gasteiger partial charge in [0, 0.05) is 11.4 Å². The predicted octanol–water partition coefficient (Wildman–Crippen LogP) is 3.81. The molecule has 4 nitrogen and oxygen atoms in total. The number of nitrogen functional groups attached to an aromatic ring is 1. The molecule has 0 spiro atoms. The van der Waals surface area contributed by atoms with Gasteiger partial charge in [0.2, 0.25) is 0 Å². The lowest BCUT2D eigenvalue weighted by atomic mass is 10.1. The monoisotopic (exact) mass is 314 g/mol. The molecule has 0 atom stereocenters. The number of rotatable bonds is 1. The molecular formula is C20H18N4. The van der Waals surface area contributed by atoms with E-state index in [1.807, 2.05) is 56.3 Å². The Morgan fingerprint density at radius 3 is 2.46 bits per heavy atom. The Kier molecular flexibility index (Phi) is 3.13. The number of aromatic nitrogens is 2. The van der Waals surface area contributed by atoms with E-state index in [9.17, 15) is 0 Å². The van der Waals surface area contributed by atoms with E-state index in [4.69, 9.17) is 16.1 Å². The van der Waals surface area contributed by atoms with E-state index in [0.717, 1.165) is 39.2 Å². The van der Waals surface area contributed by atoms with Crippen molar-refractivity contribution in [2.24, 2.45) is 0 Å². The third-order valence-corrected chi connectivity index (χ3v) is 4.35. The Hall–Kier alpha value is -3.14. The van der Waals surface area contributed by atoms with E-state index in [1.165, 1.54) is 0 Å². The van der Waals surface area contributed by atoms with Gasteiger partial charge in [-0.3, -0.25) is 0 Å². The summed E-state index contributed by atoms with van der Waals surface area (Å²) in [6.07, 6.45) is 0. The predicted molar refractivity (Wildman–Crippen MR) is 97.4 cm³/mol. The quantitative estimate of drug-likeness (QED) is 0.414. The Balaban J connectivity index is 2.27. The lowest BCUT2D eigenvalue weighted by Crippen LogP contribution is -2.13. The molecule has 2 aromatic rings. The van der Waals surface area contributed by atoms with Crippen LogP contribution in [0.1, 0.15) is 11.1 Å². The summed E-state index contributed by atoms with van der Waals surface area (Å²) in [4.78, 5) is 4.85. The lowest BCUT2D eigenvalue weighted by molar-refractivity contribution is 1.06. The molecule has 1 aliphatic carbocycles. The van der Waals surface area contributed by atoms with E-state index in [-0.39, 0.29) is 0 Å². The molecule has 0 unspecified atom stereocenters. The molecule has 0 amide bonds. The van der Waals surface area contributed by atoms with Crippen LogP contribution >= 0.6 is 0 Å². The molecule has 4 rings (SSSR count). The number of hydrogen-bond donors (Lipinski definition) is 2. The van der Waals surface area contributed by atoms with Gasteiger partial charge in [-0.25, -0.2) is 4.98 Å². The Bertz CT molecular complexity index is 1090. The second kappa shape index (κ2) is 5.20. The molecule has 0 aromatic heterocycles. The van der Waals surface area contributed by atoms with Crippen LogP contribution in [0.4, 0.5) is 5.69 Å². The highest BCUT2D eigenvalue weighted by atomic mass is 15.0. The van der Waals surface area contributed by atoms with Gasteiger partial charge in [0.15, 0.2) is 0 Å². The zero-order valence-electron chi connectivity index (χ0n) is 13.7. The van der Waals surface area contributed by atoms with Crippen molar-refractivity contribution in [3.8, 4) is 17.1 Å². The Labute approximate surface area is 140 Å². The normalized spacial score (nSPS) is 11.2. The largest absolute Gasteiger partial charge is 0.399 e. The molecule has 0 saturated carbocycles. The summed E-state index contributed by atoms with van der Waals surface area (Å²) in [6.45, 7) is 3.97. The number of aryl methyl sites for hydroxylation is 2. The van der Waals surface area contributed by atoms with Crippen LogP contribution in [0.15, 0.2) is 54.6 Å². The van der Waals surface area contributed by atoms with Gasteiger partial charge in [0.05, 0.1) is 27.8 Å². The molecule has 4 heteroatoms. The van der Waals surface area contributed by atoms with Crippen molar-refractivity contribution in [1.82, 2.24) is 9.55 Å². The summed E-state index contributed by atoms with van der Waals surface area (Å²) in [5, 5.41) is 8.70. The highest BCUT2D eigenvalue weighted by Gasteiger charge is 2.16. The molecule has 0 saturated heterocycles. The van der Waals surface area contributed by atoms with Gasteiger partial charge >= 0.3 is 0 Å². The first-order valence-electron chi connectivity index (χ1n) is 7.88.